The number of halogens is 3. The van der Waals surface area contributed by atoms with E-state index in [1.807, 2.05) is 6.92 Å². The van der Waals surface area contributed by atoms with Crippen LogP contribution in [0.3, 0.4) is 0 Å². The summed E-state index contributed by atoms with van der Waals surface area (Å²) >= 11 is 14.4. The largest absolute Gasteiger partial charge is 0.412 e. The van der Waals surface area contributed by atoms with Gasteiger partial charge in [-0.2, -0.15) is 0 Å². The van der Waals surface area contributed by atoms with Gasteiger partial charge < -0.3 is 15.7 Å². The number of hydrogen-bond donors (Lipinski definition) is 2. The molecule has 0 aromatic rings. The molecule has 0 radical (unpaired) electrons. The summed E-state index contributed by atoms with van der Waals surface area (Å²) in [4.78, 5) is 0. The van der Waals surface area contributed by atoms with Gasteiger partial charge in [0.2, 0.25) is 0 Å². The van der Waals surface area contributed by atoms with Crippen LogP contribution >= 0.6 is 34.8 Å². The van der Waals surface area contributed by atoms with Gasteiger partial charge in [0.05, 0.1) is 6.10 Å². The highest BCUT2D eigenvalue weighted by Gasteiger charge is 1.81. The minimum Gasteiger partial charge on any atom is -0.412 e. The van der Waals surface area contributed by atoms with Crippen molar-refractivity contribution in [1.82, 2.24) is 0 Å². The standard InChI is InChI=1S/C4H10O.CHCl3.CH4O.H2O/c1-3-4(2)5;2-1(3)4;1-2;/h4-5H,3H2,1-2H3;1H;2H,1H3;1H2. The fourth-order valence-corrected chi connectivity index (χ4v) is 0. The van der Waals surface area contributed by atoms with Crippen LogP contribution in [0.5, 0.6) is 0 Å². The smallest absolute Gasteiger partial charge is 0.180 e. The Hall–Kier alpha value is 0.750. The predicted octanol–water partition coefficient (Wildman–Crippen LogP) is 1.55. The summed E-state index contributed by atoms with van der Waals surface area (Å²) in [7, 11) is 1.00. The Balaban J connectivity index is -0.0000000419. The van der Waals surface area contributed by atoms with Crippen molar-refractivity contribution in [3.63, 3.8) is 0 Å². The average molecular weight is 244 g/mol. The van der Waals surface area contributed by atoms with E-state index in [2.05, 4.69) is 0 Å². The zero-order valence-electron chi connectivity index (χ0n) is 7.39. The van der Waals surface area contributed by atoms with Crippen LogP contribution in [-0.4, -0.2) is 33.2 Å². The molecule has 0 amide bonds. The second kappa shape index (κ2) is 22.6. The normalized spacial score (nSPS) is 9.75. The lowest BCUT2D eigenvalue weighted by Crippen LogP contribution is -1.93. The van der Waals surface area contributed by atoms with Crippen LogP contribution in [-0.2, 0) is 0 Å². The van der Waals surface area contributed by atoms with Crippen LogP contribution in [0, 0.1) is 0 Å². The molecule has 1 unspecified atom stereocenters. The minimum atomic E-state index is -0.750. The molecule has 0 aliphatic rings. The molecule has 1 atom stereocenters. The zero-order valence-corrected chi connectivity index (χ0v) is 9.66. The number of aliphatic hydroxyl groups is 2. The number of rotatable bonds is 1. The van der Waals surface area contributed by atoms with Crippen LogP contribution in [0.15, 0.2) is 0 Å². The summed E-state index contributed by atoms with van der Waals surface area (Å²) in [5.41, 5.74) is 0. The lowest BCUT2D eigenvalue weighted by atomic mass is 10.3. The highest BCUT2D eigenvalue weighted by molar-refractivity contribution is 6.63. The Morgan fingerprint density at radius 1 is 1.17 bits per heavy atom. The van der Waals surface area contributed by atoms with E-state index in [1.54, 1.807) is 6.92 Å². The summed E-state index contributed by atoms with van der Waals surface area (Å²) in [6.45, 7) is 3.73. The van der Waals surface area contributed by atoms with Crippen molar-refractivity contribution in [2.24, 2.45) is 0 Å². The third-order valence-electron chi connectivity index (χ3n) is 0.591. The molecule has 0 spiro atoms. The van der Waals surface area contributed by atoms with E-state index < -0.39 is 4.30 Å². The van der Waals surface area contributed by atoms with Gasteiger partial charge in [0.25, 0.3) is 0 Å². The summed E-state index contributed by atoms with van der Waals surface area (Å²) < 4.78 is -0.750. The van der Waals surface area contributed by atoms with Gasteiger partial charge in [0.15, 0.2) is 4.30 Å². The molecule has 12 heavy (non-hydrogen) atoms. The maximum atomic E-state index is 8.36. The Labute approximate surface area is 88.6 Å². The molecule has 3 nitrogen and oxygen atoms in total. The lowest BCUT2D eigenvalue weighted by molar-refractivity contribution is 0.191. The Morgan fingerprint density at radius 2 is 1.25 bits per heavy atom. The van der Waals surface area contributed by atoms with Gasteiger partial charge in [0, 0.05) is 7.11 Å². The maximum Gasteiger partial charge on any atom is 0.180 e. The second-order valence-electron chi connectivity index (χ2n) is 1.50. The molecule has 0 saturated carbocycles. The number of alkyl halides is 3. The summed E-state index contributed by atoms with van der Waals surface area (Å²) in [6.07, 6.45) is 0.745. The van der Waals surface area contributed by atoms with E-state index in [-0.39, 0.29) is 11.6 Å². The van der Waals surface area contributed by atoms with Crippen LogP contribution in [0.2, 0.25) is 0 Å². The molecule has 0 aromatic carbocycles. The Kier molecular flexibility index (Phi) is 43.3. The quantitative estimate of drug-likeness (QED) is 0.686. The highest BCUT2D eigenvalue weighted by atomic mass is 35.6. The van der Waals surface area contributed by atoms with Crippen molar-refractivity contribution >= 4 is 34.8 Å². The number of hydrogen-bond acceptors (Lipinski definition) is 2. The van der Waals surface area contributed by atoms with Crippen LogP contribution in [0.1, 0.15) is 20.3 Å². The van der Waals surface area contributed by atoms with Crippen LogP contribution < -0.4 is 0 Å². The molecule has 0 saturated heterocycles. The maximum absolute atomic E-state index is 8.36. The van der Waals surface area contributed by atoms with Gasteiger partial charge in [-0.05, 0) is 13.3 Å². The molecule has 0 heterocycles. The first-order chi connectivity index (χ1) is 5.00. The first-order valence-electron chi connectivity index (χ1n) is 3.05. The highest BCUT2D eigenvalue weighted by Crippen LogP contribution is 2.03. The molecule has 0 aliphatic carbocycles. The second-order valence-corrected chi connectivity index (χ2v) is 3.48. The number of aliphatic hydroxyl groups excluding tert-OH is 2. The van der Waals surface area contributed by atoms with Gasteiger partial charge in [-0.1, -0.05) is 41.7 Å². The molecule has 0 rings (SSSR count). The molecule has 0 fully saturated rings. The first kappa shape index (κ1) is 23.0. The summed E-state index contributed by atoms with van der Waals surface area (Å²) in [5, 5.41) is 15.4. The molecule has 0 aliphatic heterocycles. The average Bonchev–Trinajstić information content (AvgIpc) is 1.91. The SMILES string of the molecule is CCC(C)O.CO.ClC(Cl)Cl.O. The topological polar surface area (TPSA) is 72.0 Å². The molecule has 80 valence electrons. The van der Waals surface area contributed by atoms with E-state index in [9.17, 15) is 0 Å². The van der Waals surface area contributed by atoms with E-state index in [4.69, 9.17) is 45.0 Å². The van der Waals surface area contributed by atoms with Gasteiger partial charge in [-0.15, -0.1) is 0 Å². The first-order valence-corrected chi connectivity index (χ1v) is 4.36. The summed E-state index contributed by atoms with van der Waals surface area (Å²) in [5.74, 6) is 0. The lowest BCUT2D eigenvalue weighted by Gasteiger charge is -1.90. The predicted molar refractivity (Wildman–Crippen MR) is 55.1 cm³/mol. The van der Waals surface area contributed by atoms with E-state index in [1.165, 1.54) is 0 Å². The molecule has 6 heteroatoms. The van der Waals surface area contributed by atoms with E-state index in [0.29, 0.717) is 0 Å². The summed E-state index contributed by atoms with van der Waals surface area (Å²) in [6, 6.07) is 0. The Bertz CT molecular complexity index is 50.5. The zero-order chi connectivity index (χ0) is 9.86. The van der Waals surface area contributed by atoms with Crippen molar-refractivity contribution in [2.45, 2.75) is 30.7 Å². The molecule has 4 N–H and O–H groups in total. The molecular weight excluding hydrogens is 226 g/mol. The van der Waals surface area contributed by atoms with Crippen molar-refractivity contribution < 1.29 is 15.7 Å². The van der Waals surface area contributed by atoms with Crippen molar-refractivity contribution in [1.29, 1.82) is 0 Å². The van der Waals surface area contributed by atoms with Crippen LogP contribution in [0.25, 0.3) is 0 Å². The van der Waals surface area contributed by atoms with Gasteiger partial charge in [0.1, 0.15) is 0 Å². The third-order valence-corrected chi connectivity index (χ3v) is 0.591. The minimum absolute atomic E-state index is 0. The van der Waals surface area contributed by atoms with Crippen LogP contribution in [0.4, 0.5) is 0 Å². The van der Waals surface area contributed by atoms with Crippen molar-refractivity contribution in [3.05, 3.63) is 0 Å². The van der Waals surface area contributed by atoms with E-state index >= 15 is 0 Å². The molecule has 0 bridgehead atoms. The van der Waals surface area contributed by atoms with Gasteiger partial charge in [-0.25, -0.2) is 0 Å². The fourth-order valence-electron chi connectivity index (χ4n) is 0. The van der Waals surface area contributed by atoms with E-state index in [0.717, 1.165) is 13.5 Å². The van der Waals surface area contributed by atoms with Crippen molar-refractivity contribution in [2.75, 3.05) is 7.11 Å². The van der Waals surface area contributed by atoms with Crippen molar-refractivity contribution in [3.8, 4) is 0 Å². The Morgan fingerprint density at radius 3 is 1.25 bits per heavy atom. The molecular formula is C6H17Cl3O3. The third kappa shape index (κ3) is 135. The van der Waals surface area contributed by atoms with Gasteiger partial charge in [-0.3, -0.25) is 0 Å². The molecule has 0 aromatic heterocycles. The van der Waals surface area contributed by atoms with Gasteiger partial charge >= 0.3 is 0 Å². The monoisotopic (exact) mass is 242 g/mol. The fraction of sp³-hybridized carbons (Fsp3) is 1.00.